The molecule has 0 aromatic carbocycles. The molecule has 1 aliphatic heterocycles. The standard InChI is InChI=1S/C6H9NO4/c7-6(9)11-5-1-4(8)2-10-3-5/h5H,1-3H2,(H2,7,9). The van der Waals surface area contributed by atoms with Crippen molar-refractivity contribution in [3.63, 3.8) is 0 Å². The lowest BCUT2D eigenvalue weighted by Crippen LogP contribution is -2.34. The van der Waals surface area contributed by atoms with Gasteiger partial charge in [-0.25, -0.2) is 4.79 Å². The van der Waals surface area contributed by atoms with Crippen molar-refractivity contribution in [2.24, 2.45) is 5.73 Å². The van der Waals surface area contributed by atoms with Crippen molar-refractivity contribution < 1.29 is 19.1 Å². The van der Waals surface area contributed by atoms with Crippen LogP contribution in [0.4, 0.5) is 4.79 Å². The first kappa shape index (κ1) is 8.00. The Morgan fingerprint density at radius 2 is 2.45 bits per heavy atom. The average molecular weight is 159 g/mol. The van der Waals surface area contributed by atoms with Gasteiger partial charge in [-0.05, 0) is 0 Å². The topological polar surface area (TPSA) is 78.6 Å². The van der Waals surface area contributed by atoms with E-state index in [4.69, 9.17) is 10.5 Å². The predicted molar refractivity (Wildman–Crippen MR) is 34.9 cm³/mol. The molecule has 0 saturated carbocycles. The van der Waals surface area contributed by atoms with Gasteiger partial charge in [0.05, 0.1) is 6.61 Å². The van der Waals surface area contributed by atoms with Crippen LogP contribution in [0.25, 0.3) is 0 Å². The van der Waals surface area contributed by atoms with E-state index >= 15 is 0 Å². The van der Waals surface area contributed by atoms with Gasteiger partial charge in [0.25, 0.3) is 0 Å². The number of amides is 1. The van der Waals surface area contributed by atoms with Gasteiger partial charge in [0.1, 0.15) is 12.7 Å². The van der Waals surface area contributed by atoms with Crippen LogP contribution in [-0.4, -0.2) is 31.2 Å². The third kappa shape index (κ3) is 2.55. The predicted octanol–water partition coefficient (Wildman–Crippen LogP) is -0.560. The maximum absolute atomic E-state index is 10.7. The summed E-state index contributed by atoms with van der Waals surface area (Å²) in [7, 11) is 0. The molecule has 0 aromatic heterocycles. The van der Waals surface area contributed by atoms with Crippen LogP contribution in [-0.2, 0) is 14.3 Å². The molecule has 5 nitrogen and oxygen atoms in total. The summed E-state index contributed by atoms with van der Waals surface area (Å²) in [5, 5.41) is 0. The molecule has 0 aliphatic carbocycles. The highest BCUT2D eigenvalue weighted by Crippen LogP contribution is 2.06. The zero-order valence-corrected chi connectivity index (χ0v) is 5.91. The molecule has 2 N–H and O–H groups in total. The summed E-state index contributed by atoms with van der Waals surface area (Å²) in [4.78, 5) is 20.9. The first-order chi connectivity index (χ1) is 5.18. The van der Waals surface area contributed by atoms with Crippen molar-refractivity contribution in [2.45, 2.75) is 12.5 Å². The smallest absolute Gasteiger partial charge is 0.404 e. The number of primary amides is 1. The molecule has 1 rings (SSSR count). The Hall–Kier alpha value is -1.10. The average Bonchev–Trinajstić information content (AvgIpc) is 1.85. The maximum Gasteiger partial charge on any atom is 0.404 e. The quantitative estimate of drug-likeness (QED) is 0.556. The number of hydrogen-bond acceptors (Lipinski definition) is 4. The first-order valence-electron chi connectivity index (χ1n) is 3.24. The van der Waals surface area contributed by atoms with Crippen LogP contribution in [0.1, 0.15) is 6.42 Å². The van der Waals surface area contributed by atoms with Crippen molar-refractivity contribution in [1.29, 1.82) is 0 Å². The van der Waals surface area contributed by atoms with E-state index in [-0.39, 0.29) is 25.4 Å². The first-order valence-corrected chi connectivity index (χ1v) is 3.24. The van der Waals surface area contributed by atoms with Crippen LogP contribution in [0.3, 0.4) is 0 Å². The van der Waals surface area contributed by atoms with E-state index in [1.807, 2.05) is 0 Å². The monoisotopic (exact) mass is 159 g/mol. The third-order valence-corrected chi connectivity index (χ3v) is 1.30. The van der Waals surface area contributed by atoms with Gasteiger partial charge in [-0.15, -0.1) is 0 Å². The molecule has 1 atom stereocenters. The van der Waals surface area contributed by atoms with Crippen LogP contribution in [0.5, 0.6) is 0 Å². The van der Waals surface area contributed by atoms with Crippen LogP contribution in [0.2, 0.25) is 0 Å². The fraction of sp³-hybridized carbons (Fsp3) is 0.667. The molecular weight excluding hydrogens is 150 g/mol. The largest absolute Gasteiger partial charge is 0.443 e. The summed E-state index contributed by atoms with van der Waals surface area (Å²) in [5.41, 5.74) is 4.74. The van der Waals surface area contributed by atoms with Gasteiger partial charge in [-0.3, -0.25) is 4.79 Å². The van der Waals surface area contributed by atoms with E-state index in [2.05, 4.69) is 4.74 Å². The Morgan fingerprint density at radius 3 is 3.00 bits per heavy atom. The van der Waals surface area contributed by atoms with E-state index < -0.39 is 12.2 Å². The molecule has 1 unspecified atom stereocenters. The minimum atomic E-state index is -0.867. The van der Waals surface area contributed by atoms with E-state index in [1.165, 1.54) is 0 Å². The number of rotatable bonds is 1. The molecule has 11 heavy (non-hydrogen) atoms. The van der Waals surface area contributed by atoms with Crippen molar-refractivity contribution >= 4 is 11.9 Å². The lowest BCUT2D eigenvalue weighted by Gasteiger charge is -2.19. The molecule has 0 bridgehead atoms. The molecule has 0 spiro atoms. The lowest BCUT2D eigenvalue weighted by atomic mass is 10.1. The van der Waals surface area contributed by atoms with Gasteiger partial charge in [-0.1, -0.05) is 0 Å². The molecule has 1 aliphatic rings. The molecule has 1 saturated heterocycles. The van der Waals surface area contributed by atoms with Gasteiger partial charge < -0.3 is 15.2 Å². The Balaban J connectivity index is 2.34. The van der Waals surface area contributed by atoms with Gasteiger partial charge in [0.2, 0.25) is 0 Å². The molecule has 1 amide bonds. The molecular formula is C6H9NO4. The fourth-order valence-electron chi connectivity index (χ4n) is 0.916. The highest BCUT2D eigenvalue weighted by atomic mass is 16.6. The van der Waals surface area contributed by atoms with Crippen molar-refractivity contribution in [3.8, 4) is 0 Å². The highest BCUT2D eigenvalue weighted by molar-refractivity contribution is 5.81. The summed E-state index contributed by atoms with van der Waals surface area (Å²) >= 11 is 0. The van der Waals surface area contributed by atoms with Gasteiger partial charge >= 0.3 is 6.09 Å². The summed E-state index contributed by atoms with van der Waals surface area (Å²) in [5.74, 6) is -0.0671. The van der Waals surface area contributed by atoms with E-state index in [0.29, 0.717) is 0 Å². The van der Waals surface area contributed by atoms with E-state index in [0.717, 1.165) is 0 Å². The Bertz CT molecular complexity index is 177. The second-order valence-corrected chi connectivity index (χ2v) is 2.32. The maximum atomic E-state index is 10.7. The van der Waals surface area contributed by atoms with Gasteiger partial charge in [-0.2, -0.15) is 0 Å². The van der Waals surface area contributed by atoms with Crippen LogP contribution in [0.15, 0.2) is 0 Å². The second kappa shape index (κ2) is 3.34. The lowest BCUT2D eigenvalue weighted by molar-refractivity contribution is -0.133. The third-order valence-electron chi connectivity index (χ3n) is 1.30. The number of hydrogen-bond donors (Lipinski definition) is 1. The molecule has 0 radical (unpaired) electrons. The van der Waals surface area contributed by atoms with Crippen LogP contribution in [0, 0.1) is 0 Å². The van der Waals surface area contributed by atoms with Gasteiger partial charge in [0, 0.05) is 6.42 Å². The molecule has 5 heteroatoms. The number of ether oxygens (including phenoxy) is 2. The Labute approximate surface area is 63.4 Å². The number of ketones is 1. The minimum absolute atomic E-state index is 0.0671. The fourth-order valence-corrected chi connectivity index (χ4v) is 0.916. The van der Waals surface area contributed by atoms with Crippen molar-refractivity contribution in [2.75, 3.05) is 13.2 Å². The zero-order chi connectivity index (χ0) is 8.27. The van der Waals surface area contributed by atoms with Crippen molar-refractivity contribution in [1.82, 2.24) is 0 Å². The van der Waals surface area contributed by atoms with Crippen LogP contribution < -0.4 is 5.73 Å². The van der Waals surface area contributed by atoms with Crippen LogP contribution >= 0.6 is 0 Å². The summed E-state index contributed by atoms with van der Waals surface area (Å²) in [6.45, 7) is 0.368. The molecule has 62 valence electrons. The molecule has 0 aromatic rings. The minimum Gasteiger partial charge on any atom is -0.443 e. The van der Waals surface area contributed by atoms with Gasteiger partial charge in [0.15, 0.2) is 5.78 Å². The normalized spacial score (nSPS) is 24.7. The SMILES string of the molecule is NC(=O)OC1COCC(=O)C1. The Morgan fingerprint density at radius 1 is 1.73 bits per heavy atom. The second-order valence-electron chi connectivity index (χ2n) is 2.32. The summed E-state index contributed by atoms with van der Waals surface area (Å²) in [6.07, 6.45) is -1.15. The summed E-state index contributed by atoms with van der Waals surface area (Å²) < 4.78 is 9.37. The number of carbonyl (C=O) groups excluding carboxylic acids is 2. The molecule has 1 fully saturated rings. The van der Waals surface area contributed by atoms with E-state index in [1.54, 1.807) is 0 Å². The molecule has 1 heterocycles. The number of Topliss-reactive ketones (excluding diaryl/α,β-unsaturated/α-hetero) is 1. The van der Waals surface area contributed by atoms with E-state index in [9.17, 15) is 9.59 Å². The zero-order valence-electron chi connectivity index (χ0n) is 5.91. The number of carbonyl (C=O) groups is 2. The van der Waals surface area contributed by atoms with Crippen molar-refractivity contribution in [3.05, 3.63) is 0 Å². The summed E-state index contributed by atoms with van der Waals surface area (Å²) in [6, 6.07) is 0. The highest BCUT2D eigenvalue weighted by Gasteiger charge is 2.22. The number of nitrogens with two attached hydrogens (primary N) is 1. The Kier molecular flexibility index (Phi) is 2.43.